The summed E-state index contributed by atoms with van der Waals surface area (Å²) in [6, 6.07) is 3.71. The minimum atomic E-state index is -0.501. The van der Waals surface area contributed by atoms with Crippen molar-refractivity contribution in [3.63, 3.8) is 0 Å². The van der Waals surface area contributed by atoms with E-state index in [0.717, 1.165) is 0 Å². The fourth-order valence-electron chi connectivity index (χ4n) is 1.96. The van der Waals surface area contributed by atoms with Crippen molar-refractivity contribution >= 4 is 24.0 Å². The predicted octanol–water partition coefficient (Wildman–Crippen LogP) is 1.57. The zero-order valence-corrected chi connectivity index (χ0v) is 12.1. The van der Waals surface area contributed by atoms with Crippen molar-refractivity contribution in [3.05, 3.63) is 24.0 Å². The monoisotopic (exact) mass is 304 g/mol. The Balaban J connectivity index is 0.00000200. The van der Waals surface area contributed by atoms with Crippen molar-refractivity contribution in [1.29, 1.82) is 0 Å². The highest BCUT2D eigenvalue weighted by molar-refractivity contribution is 5.95. The number of methoxy groups -OCH3 is 1. The van der Waals surface area contributed by atoms with E-state index in [1.165, 1.54) is 25.3 Å². The van der Waals surface area contributed by atoms with Crippen LogP contribution < -0.4 is 15.4 Å². The molecule has 0 spiro atoms. The highest BCUT2D eigenvalue weighted by atomic mass is 35.5. The Kier molecular flexibility index (Phi) is 6.19. The van der Waals surface area contributed by atoms with Gasteiger partial charge >= 0.3 is 0 Å². The maximum Gasteiger partial charge on any atom is 0.244 e. The lowest BCUT2D eigenvalue weighted by atomic mass is 10.1. The van der Waals surface area contributed by atoms with Gasteiger partial charge in [-0.15, -0.1) is 12.4 Å². The molecule has 0 unspecified atom stereocenters. The van der Waals surface area contributed by atoms with Gasteiger partial charge in [-0.05, 0) is 19.1 Å². The Morgan fingerprint density at radius 2 is 2.30 bits per heavy atom. The van der Waals surface area contributed by atoms with Crippen LogP contribution in [0.25, 0.3) is 0 Å². The fourth-order valence-corrected chi connectivity index (χ4v) is 1.96. The van der Waals surface area contributed by atoms with E-state index in [-0.39, 0.29) is 30.1 Å². The highest BCUT2D eigenvalue weighted by Gasteiger charge is 2.28. The van der Waals surface area contributed by atoms with E-state index in [1.54, 1.807) is 6.92 Å². The van der Waals surface area contributed by atoms with E-state index < -0.39 is 11.9 Å². The van der Waals surface area contributed by atoms with Crippen molar-refractivity contribution in [3.8, 4) is 5.75 Å². The topological polar surface area (TPSA) is 59.6 Å². The van der Waals surface area contributed by atoms with E-state index in [2.05, 4.69) is 10.6 Å². The van der Waals surface area contributed by atoms with Crippen molar-refractivity contribution < 1.29 is 18.7 Å². The Bertz CT molecular complexity index is 473. The molecule has 5 nitrogen and oxygen atoms in total. The Hall–Kier alpha value is -1.37. The van der Waals surface area contributed by atoms with Crippen LogP contribution in [0.2, 0.25) is 0 Å². The van der Waals surface area contributed by atoms with Gasteiger partial charge in [0.1, 0.15) is 17.6 Å². The summed E-state index contributed by atoms with van der Waals surface area (Å²) in [5.41, 5.74) is 0.101. The number of carbonyl (C=O) groups is 1. The number of ether oxygens (including phenoxy) is 2. The molecular weight excluding hydrogens is 287 g/mol. The minimum absolute atomic E-state index is 0. The molecule has 112 valence electrons. The van der Waals surface area contributed by atoms with E-state index >= 15 is 0 Å². The summed E-state index contributed by atoms with van der Waals surface area (Å²) < 4.78 is 24.0. The number of carbonyl (C=O) groups excluding carboxylic acids is 1. The van der Waals surface area contributed by atoms with Crippen LogP contribution in [0.1, 0.15) is 6.92 Å². The summed E-state index contributed by atoms with van der Waals surface area (Å²) in [5.74, 6) is -0.338. The van der Waals surface area contributed by atoms with Gasteiger partial charge in [0.2, 0.25) is 5.91 Å². The molecule has 1 fully saturated rings. The van der Waals surface area contributed by atoms with Gasteiger partial charge in [-0.1, -0.05) is 0 Å². The van der Waals surface area contributed by atoms with E-state index in [9.17, 15) is 9.18 Å². The first-order valence-electron chi connectivity index (χ1n) is 6.11. The Morgan fingerprint density at radius 1 is 1.55 bits per heavy atom. The van der Waals surface area contributed by atoms with Gasteiger partial charge in [-0.2, -0.15) is 0 Å². The van der Waals surface area contributed by atoms with Crippen LogP contribution in [0, 0.1) is 5.82 Å². The summed E-state index contributed by atoms with van der Waals surface area (Å²) in [7, 11) is 1.48. The van der Waals surface area contributed by atoms with E-state index in [4.69, 9.17) is 9.47 Å². The maximum atomic E-state index is 13.6. The normalized spacial score (nSPS) is 21.8. The van der Waals surface area contributed by atoms with Gasteiger partial charge in [0.25, 0.3) is 0 Å². The van der Waals surface area contributed by atoms with Crippen LogP contribution in [0.3, 0.4) is 0 Å². The molecule has 0 bridgehead atoms. The number of rotatable bonds is 3. The highest BCUT2D eigenvalue weighted by Crippen LogP contribution is 2.21. The van der Waals surface area contributed by atoms with Gasteiger partial charge in [0.15, 0.2) is 0 Å². The molecule has 0 aromatic heterocycles. The predicted molar refractivity (Wildman–Crippen MR) is 76.0 cm³/mol. The van der Waals surface area contributed by atoms with Crippen LogP contribution in [0.5, 0.6) is 5.75 Å². The first-order chi connectivity index (χ1) is 9.11. The van der Waals surface area contributed by atoms with Crippen LogP contribution in [0.4, 0.5) is 10.1 Å². The van der Waals surface area contributed by atoms with Crippen molar-refractivity contribution in [1.82, 2.24) is 5.32 Å². The molecule has 0 saturated carbocycles. The molecule has 1 aliphatic rings. The minimum Gasteiger partial charge on any atom is -0.497 e. The number of halogens is 2. The smallest absolute Gasteiger partial charge is 0.244 e. The summed E-state index contributed by atoms with van der Waals surface area (Å²) in [6.45, 7) is 2.97. The molecule has 1 heterocycles. The molecule has 1 aliphatic heterocycles. The Morgan fingerprint density at radius 3 is 2.95 bits per heavy atom. The lowest BCUT2D eigenvalue weighted by Gasteiger charge is -2.29. The molecule has 2 atom stereocenters. The molecule has 0 radical (unpaired) electrons. The second kappa shape index (κ2) is 7.42. The van der Waals surface area contributed by atoms with Gasteiger partial charge < -0.3 is 20.1 Å². The van der Waals surface area contributed by atoms with Crippen LogP contribution in [-0.4, -0.2) is 38.3 Å². The molecular formula is C13H18ClFN2O3. The number of benzene rings is 1. The summed E-state index contributed by atoms with van der Waals surface area (Å²) in [4.78, 5) is 12.1. The molecule has 1 aromatic carbocycles. The summed E-state index contributed by atoms with van der Waals surface area (Å²) in [5, 5.41) is 5.59. The molecule has 0 aliphatic carbocycles. The first kappa shape index (κ1) is 16.7. The SMILES string of the molecule is COc1ccc(F)c(NC(=O)[C@H]2NCCO[C@@H]2C)c1.Cl. The standard InChI is InChI=1S/C13H17FN2O3.ClH/c1-8-12(15-5-6-19-8)13(17)16-11-7-9(18-2)3-4-10(11)14;/h3-4,7-8,12,15H,5-6H2,1-2H3,(H,16,17);1H/t8-,12+;/m1./s1. The average molecular weight is 305 g/mol. The molecule has 7 heteroatoms. The zero-order valence-electron chi connectivity index (χ0n) is 11.3. The third-order valence-electron chi connectivity index (χ3n) is 3.03. The van der Waals surface area contributed by atoms with Gasteiger partial charge in [0.05, 0.1) is 25.5 Å². The third-order valence-corrected chi connectivity index (χ3v) is 3.03. The van der Waals surface area contributed by atoms with Crippen LogP contribution >= 0.6 is 12.4 Å². The number of hydrogen-bond donors (Lipinski definition) is 2. The van der Waals surface area contributed by atoms with Crippen molar-refractivity contribution in [2.24, 2.45) is 0 Å². The number of amides is 1. The number of hydrogen-bond acceptors (Lipinski definition) is 4. The molecule has 1 saturated heterocycles. The van der Waals surface area contributed by atoms with Crippen LogP contribution in [0.15, 0.2) is 18.2 Å². The molecule has 1 aromatic rings. The average Bonchev–Trinajstić information content (AvgIpc) is 2.41. The second-order valence-corrected chi connectivity index (χ2v) is 4.34. The largest absolute Gasteiger partial charge is 0.497 e. The molecule has 2 N–H and O–H groups in total. The van der Waals surface area contributed by atoms with Crippen molar-refractivity contribution in [2.45, 2.75) is 19.1 Å². The number of nitrogens with one attached hydrogen (secondary N) is 2. The van der Waals surface area contributed by atoms with Gasteiger partial charge in [-0.25, -0.2) is 4.39 Å². The zero-order chi connectivity index (χ0) is 13.8. The van der Waals surface area contributed by atoms with E-state index in [1.807, 2.05) is 0 Å². The van der Waals surface area contributed by atoms with Crippen LogP contribution in [-0.2, 0) is 9.53 Å². The fraction of sp³-hybridized carbons (Fsp3) is 0.462. The quantitative estimate of drug-likeness (QED) is 0.890. The lowest BCUT2D eigenvalue weighted by Crippen LogP contribution is -2.53. The van der Waals surface area contributed by atoms with E-state index in [0.29, 0.717) is 18.9 Å². The number of morpholine rings is 1. The summed E-state index contributed by atoms with van der Waals surface area (Å²) in [6.07, 6.45) is -0.248. The van der Waals surface area contributed by atoms with Crippen molar-refractivity contribution in [2.75, 3.05) is 25.6 Å². The molecule has 20 heavy (non-hydrogen) atoms. The summed E-state index contributed by atoms with van der Waals surface area (Å²) >= 11 is 0. The number of anilines is 1. The van der Waals surface area contributed by atoms with Gasteiger partial charge in [0, 0.05) is 12.6 Å². The molecule has 2 rings (SSSR count). The van der Waals surface area contributed by atoms with Gasteiger partial charge in [-0.3, -0.25) is 4.79 Å². The Labute approximate surface area is 123 Å². The lowest BCUT2D eigenvalue weighted by molar-refractivity contribution is -0.123. The maximum absolute atomic E-state index is 13.6. The molecule has 1 amide bonds. The third kappa shape index (κ3) is 3.82. The second-order valence-electron chi connectivity index (χ2n) is 4.34. The first-order valence-corrected chi connectivity index (χ1v) is 6.11.